The van der Waals surface area contributed by atoms with Gasteiger partial charge in [-0.25, -0.2) is 4.39 Å². The summed E-state index contributed by atoms with van der Waals surface area (Å²) in [4.78, 5) is 0. The molecule has 0 bridgehead atoms. The summed E-state index contributed by atoms with van der Waals surface area (Å²) >= 11 is 3.29. The fourth-order valence-electron chi connectivity index (χ4n) is 1.55. The van der Waals surface area contributed by atoms with Crippen LogP contribution in [0.2, 0.25) is 0 Å². The minimum atomic E-state index is -0.277. The first-order valence-corrected chi connectivity index (χ1v) is 6.76. The van der Waals surface area contributed by atoms with E-state index in [1.54, 1.807) is 6.07 Å². The van der Waals surface area contributed by atoms with Crippen LogP contribution in [0, 0.1) is 11.7 Å². The lowest BCUT2D eigenvalue weighted by molar-refractivity contribution is 0.241. The van der Waals surface area contributed by atoms with Gasteiger partial charge in [0.05, 0.1) is 6.61 Å². The van der Waals surface area contributed by atoms with Crippen LogP contribution in [-0.4, -0.2) is 6.61 Å². The summed E-state index contributed by atoms with van der Waals surface area (Å²) in [5.41, 5.74) is 0.923. The summed E-state index contributed by atoms with van der Waals surface area (Å²) in [6, 6.07) is 5.08. The molecule has 0 radical (unpaired) electrons. The smallest absolute Gasteiger partial charge is 0.165 e. The Labute approximate surface area is 105 Å². The molecule has 0 aliphatic heterocycles. The Bertz CT molecular complexity index is 328. The fraction of sp³-hybridized carbons (Fsp3) is 0.538. The van der Waals surface area contributed by atoms with Gasteiger partial charge in [0.1, 0.15) is 0 Å². The molecule has 0 aliphatic carbocycles. The zero-order chi connectivity index (χ0) is 12.0. The quantitative estimate of drug-likeness (QED) is 0.699. The maximum Gasteiger partial charge on any atom is 0.165 e. The van der Waals surface area contributed by atoms with Crippen molar-refractivity contribution in [2.75, 3.05) is 6.61 Å². The van der Waals surface area contributed by atoms with Gasteiger partial charge >= 0.3 is 0 Å². The van der Waals surface area contributed by atoms with Gasteiger partial charge < -0.3 is 4.74 Å². The standard InChI is InChI=1S/C13H18BrFO/c1-3-4-10(2)9-16-13-6-5-11(8-14)7-12(13)15/h5-7,10H,3-4,8-9H2,1-2H3. The first-order chi connectivity index (χ1) is 7.67. The summed E-state index contributed by atoms with van der Waals surface area (Å²) in [6.07, 6.45) is 2.25. The maximum atomic E-state index is 13.5. The molecule has 1 aromatic carbocycles. The highest BCUT2D eigenvalue weighted by Crippen LogP contribution is 2.20. The van der Waals surface area contributed by atoms with Gasteiger partial charge in [-0.3, -0.25) is 0 Å². The fourth-order valence-corrected chi connectivity index (χ4v) is 1.90. The van der Waals surface area contributed by atoms with E-state index in [1.807, 2.05) is 6.07 Å². The lowest BCUT2D eigenvalue weighted by Gasteiger charge is -2.12. The number of alkyl halides is 1. The molecule has 0 amide bonds. The van der Waals surface area contributed by atoms with E-state index in [-0.39, 0.29) is 5.82 Å². The van der Waals surface area contributed by atoms with E-state index >= 15 is 0 Å². The number of rotatable bonds is 6. The molecule has 0 heterocycles. The predicted octanol–water partition coefficient (Wildman–Crippen LogP) is 4.54. The number of benzene rings is 1. The van der Waals surface area contributed by atoms with Crippen molar-refractivity contribution in [1.29, 1.82) is 0 Å². The molecule has 0 aromatic heterocycles. The molecule has 0 saturated heterocycles. The van der Waals surface area contributed by atoms with Crippen LogP contribution in [0.5, 0.6) is 5.75 Å². The molecule has 0 saturated carbocycles. The van der Waals surface area contributed by atoms with Gasteiger partial charge in [-0.15, -0.1) is 0 Å². The predicted molar refractivity (Wildman–Crippen MR) is 68.6 cm³/mol. The second kappa shape index (κ2) is 6.89. The van der Waals surface area contributed by atoms with Crippen molar-refractivity contribution in [3.8, 4) is 5.75 Å². The summed E-state index contributed by atoms with van der Waals surface area (Å²) < 4.78 is 19.0. The summed E-state index contributed by atoms with van der Waals surface area (Å²) in [7, 11) is 0. The average molecular weight is 289 g/mol. The number of hydrogen-bond donors (Lipinski definition) is 0. The molecular formula is C13H18BrFO. The van der Waals surface area contributed by atoms with E-state index in [0.29, 0.717) is 23.6 Å². The maximum absolute atomic E-state index is 13.5. The van der Waals surface area contributed by atoms with Gasteiger partial charge in [-0.05, 0) is 30.0 Å². The third kappa shape index (κ3) is 4.12. The molecule has 1 atom stereocenters. The Hall–Kier alpha value is -0.570. The number of ether oxygens (including phenoxy) is 1. The van der Waals surface area contributed by atoms with E-state index in [9.17, 15) is 4.39 Å². The molecular weight excluding hydrogens is 271 g/mol. The van der Waals surface area contributed by atoms with Crippen molar-refractivity contribution in [3.05, 3.63) is 29.6 Å². The molecule has 0 N–H and O–H groups in total. The van der Waals surface area contributed by atoms with Gasteiger partial charge in [-0.1, -0.05) is 42.3 Å². The zero-order valence-electron chi connectivity index (χ0n) is 9.80. The highest BCUT2D eigenvalue weighted by molar-refractivity contribution is 9.08. The molecule has 0 spiro atoms. The normalized spacial score (nSPS) is 12.5. The Balaban J connectivity index is 2.54. The average Bonchev–Trinajstić information content (AvgIpc) is 2.27. The summed E-state index contributed by atoms with van der Waals surface area (Å²) in [5.74, 6) is 0.550. The van der Waals surface area contributed by atoms with Crippen LogP contribution in [-0.2, 0) is 5.33 Å². The SMILES string of the molecule is CCCC(C)COc1ccc(CBr)cc1F. The molecule has 1 aromatic rings. The van der Waals surface area contributed by atoms with Crippen LogP contribution < -0.4 is 4.74 Å². The Morgan fingerprint density at radius 1 is 1.44 bits per heavy atom. The van der Waals surface area contributed by atoms with Crippen LogP contribution in [0.15, 0.2) is 18.2 Å². The van der Waals surface area contributed by atoms with Crippen LogP contribution in [0.3, 0.4) is 0 Å². The Kier molecular flexibility index (Phi) is 5.81. The highest BCUT2D eigenvalue weighted by Gasteiger charge is 2.07. The van der Waals surface area contributed by atoms with E-state index in [4.69, 9.17) is 4.74 Å². The Morgan fingerprint density at radius 2 is 2.19 bits per heavy atom. The molecule has 0 fully saturated rings. The summed E-state index contributed by atoms with van der Waals surface area (Å²) in [5, 5.41) is 0.663. The van der Waals surface area contributed by atoms with Crippen molar-refractivity contribution in [1.82, 2.24) is 0 Å². The molecule has 0 aliphatic rings. The van der Waals surface area contributed by atoms with Crippen LogP contribution in [0.25, 0.3) is 0 Å². The third-order valence-corrected chi connectivity index (χ3v) is 3.10. The van der Waals surface area contributed by atoms with Crippen LogP contribution in [0.4, 0.5) is 4.39 Å². The van der Waals surface area contributed by atoms with Crippen LogP contribution in [0.1, 0.15) is 32.3 Å². The van der Waals surface area contributed by atoms with E-state index < -0.39 is 0 Å². The van der Waals surface area contributed by atoms with E-state index in [2.05, 4.69) is 29.8 Å². The molecule has 1 unspecified atom stereocenters. The van der Waals surface area contributed by atoms with Gasteiger partial charge in [0.2, 0.25) is 0 Å². The minimum absolute atomic E-state index is 0.277. The zero-order valence-corrected chi connectivity index (χ0v) is 11.4. The first kappa shape index (κ1) is 13.5. The minimum Gasteiger partial charge on any atom is -0.490 e. The van der Waals surface area contributed by atoms with E-state index in [1.165, 1.54) is 6.07 Å². The van der Waals surface area contributed by atoms with Gasteiger partial charge in [-0.2, -0.15) is 0 Å². The Morgan fingerprint density at radius 3 is 2.75 bits per heavy atom. The summed E-state index contributed by atoms with van der Waals surface area (Å²) in [6.45, 7) is 4.84. The van der Waals surface area contributed by atoms with Crippen molar-refractivity contribution >= 4 is 15.9 Å². The second-order valence-corrected chi connectivity index (χ2v) is 4.66. The van der Waals surface area contributed by atoms with Gasteiger partial charge in [0.15, 0.2) is 11.6 Å². The first-order valence-electron chi connectivity index (χ1n) is 5.64. The lowest BCUT2D eigenvalue weighted by Crippen LogP contribution is -2.09. The van der Waals surface area contributed by atoms with Gasteiger partial charge in [0.25, 0.3) is 0 Å². The largest absolute Gasteiger partial charge is 0.490 e. The molecule has 16 heavy (non-hydrogen) atoms. The van der Waals surface area contributed by atoms with Crippen molar-refractivity contribution in [2.45, 2.75) is 32.0 Å². The number of halogens is 2. The lowest BCUT2D eigenvalue weighted by atomic mass is 10.1. The van der Waals surface area contributed by atoms with Crippen molar-refractivity contribution in [2.24, 2.45) is 5.92 Å². The third-order valence-electron chi connectivity index (χ3n) is 2.46. The molecule has 90 valence electrons. The van der Waals surface area contributed by atoms with Gasteiger partial charge in [0, 0.05) is 5.33 Å². The monoisotopic (exact) mass is 288 g/mol. The molecule has 1 rings (SSSR count). The second-order valence-electron chi connectivity index (χ2n) is 4.10. The number of hydrogen-bond acceptors (Lipinski definition) is 1. The van der Waals surface area contributed by atoms with E-state index in [0.717, 1.165) is 18.4 Å². The van der Waals surface area contributed by atoms with Crippen LogP contribution >= 0.6 is 15.9 Å². The van der Waals surface area contributed by atoms with Crippen molar-refractivity contribution < 1.29 is 9.13 Å². The molecule has 3 heteroatoms. The molecule has 1 nitrogen and oxygen atoms in total. The van der Waals surface area contributed by atoms with Crippen molar-refractivity contribution in [3.63, 3.8) is 0 Å². The topological polar surface area (TPSA) is 9.23 Å². The highest BCUT2D eigenvalue weighted by atomic mass is 79.9.